The highest BCUT2D eigenvalue weighted by Gasteiger charge is 1.98. The molecule has 1 aromatic heterocycles. The summed E-state index contributed by atoms with van der Waals surface area (Å²) < 4.78 is 0. The number of aromatic nitrogens is 3. The third kappa shape index (κ3) is 7.19. The number of aliphatic hydroxyl groups is 4. The van der Waals surface area contributed by atoms with Gasteiger partial charge in [-0.15, -0.1) is 0 Å². The zero-order valence-corrected chi connectivity index (χ0v) is 8.98. The Bertz CT molecular complexity index is 301. The van der Waals surface area contributed by atoms with Crippen LogP contribution >= 0.6 is 0 Å². The maximum Gasteiger partial charge on any atom is 0.231 e. The normalized spacial score (nSPS) is 9.71. The molecular weight excluding hydrogens is 232 g/mol. The van der Waals surface area contributed by atoms with Crippen molar-refractivity contribution in [3.05, 3.63) is 0 Å². The zero-order chi connectivity index (χ0) is 13.3. The standard InChI is InChI=1S/C4H8N6O.C3H8O3/c5-2-8-3(6)10-4(9-2)7-1-11;4-1-3(6)2-5/h11H,1H2,(H5,5,6,7,8,9,10);3-6H,1-2H2. The first-order chi connectivity index (χ1) is 8.03. The summed E-state index contributed by atoms with van der Waals surface area (Å²) in [4.78, 5) is 10.8. The summed E-state index contributed by atoms with van der Waals surface area (Å²) in [6.07, 6.45) is -0.954. The van der Waals surface area contributed by atoms with Crippen LogP contribution in [0.5, 0.6) is 0 Å². The van der Waals surface area contributed by atoms with Gasteiger partial charge in [-0.2, -0.15) is 15.0 Å². The van der Waals surface area contributed by atoms with E-state index in [2.05, 4.69) is 20.3 Å². The first kappa shape index (κ1) is 15.2. The fourth-order valence-corrected chi connectivity index (χ4v) is 0.617. The van der Waals surface area contributed by atoms with Crippen LogP contribution in [-0.2, 0) is 0 Å². The molecule has 0 spiro atoms. The molecule has 0 aliphatic heterocycles. The van der Waals surface area contributed by atoms with Gasteiger partial charge >= 0.3 is 0 Å². The molecule has 10 nitrogen and oxygen atoms in total. The van der Waals surface area contributed by atoms with Gasteiger partial charge in [0.25, 0.3) is 0 Å². The van der Waals surface area contributed by atoms with E-state index >= 15 is 0 Å². The smallest absolute Gasteiger partial charge is 0.231 e. The fraction of sp³-hybridized carbons (Fsp3) is 0.571. The van der Waals surface area contributed by atoms with E-state index in [0.717, 1.165) is 0 Å². The average molecular weight is 248 g/mol. The van der Waals surface area contributed by atoms with Crippen molar-refractivity contribution in [1.29, 1.82) is 0 Å². The van der Waals surface area contributed by atoms with Gasteiger partial charge in [0.1, 0.15) is 12.8 Å². The largest absolute Gasteiger partial charge is 0.394 e. The number of nitrogens with zero attached hydrogens (tertiary/aromatic N) is 3. The maximum absolute atomic E-state index is 8.41. The molecule has 0 radical (unpaired) electrons. The Labute approximate surface area is 97.0 Å². The monoisotopic (exact) mass is 248 g/mol. The van der Waals surface area contributed by atoms with Crippen LogP contribution in [0.4, 0.5) is 17.8 Å². The second kappa shape index (κ2) is 8.41. The Morgan fingerprint density at radius 1 is 1.00 bits per heavy atom. The van der Waals surface area contributed by atoms with Crippen LogP contribution in [0.25, 0.3) is 0 Å². The summed E-state index contributed by atoms with van der Waals surface area (Å²) in [5.41, 5.74) is 10.5. The Balaban J connectivity index is 0.000000366. The van der Waals surface area contributed by atoms with Crippen LogP contribution in [0.15, 0.2) is 0 Å². The van der Waals surface area contributed by atoms with Crippen LogP contribution in [0.1, 0.15) is 0 Å². The molecule has 10 heteroatoms. The Kier molecular flexibility index (Phi) is 7.54. The van der Waals surface area contributed by atoms with Gasteiger partial charge in [0.2, 0.25) is 17.8 Å². The molecule has 98 valence electrons. The molecule has 0 aromatic carbocycles. The van der Waals surface area contributed by atoms with Crippen molar-refractivity contribution < 1.29 is 20.4 Å². The molecule has 0 saturated carbocycles. The van der Waals surface area contributed by atoms with Gasteiger partial charge in [0.15, 0.2) is 0 Å². The second-order valence-corrected chi connectivity index (χ2v) is 2.73. The van der Waals surface area contributed by atoms with Crippen molar-refractivity contribution in [3.63, 3.8) is 0 Å². The van der Waals surface area contributed by atoms with Crippen molar-refractivity contribution in [2.45, 2.75) is 6.10 Å². The number of anilines is 3. The highest BCUT2D eigenvalue weighted by molar-refractivity contribution is 5.36. The van der Waals surface area contributed by atoms with E-state index in [-0.39, 0.29) is 37.8 Å². The van der Waals surface area contributed by atoms with Crippen molar-refractivity contribution in [3.8, 4) is 0 Å². The lowest BCUT2D eigenvalue weighted by molar-refractivity contribution is 0.0450. The lowest BCUT2D eigenvalue weighted by Gasteiger charge is -2.00. The molecule has 0 aliphatic rings. The Morgan fingerprint density at radius 2 is 1.47 bits per heavy atom. The quantitative estimate of drug-likeness (QED) is 0.267. The summed E-state index contributed by atoms with van der Waals surface area (Å²) in [5.74, 6) is 0.208. The molecule has 0 aliphatic carbocycles. The van der Waals surface area contributed by atoms with Gasteiger partial charge in [0, 0.05) is 0 Å². The first-order valence-electron chi connectivity index (χ1n) is 4.55. The lowest BCUT2D eigenvalue weighted by atomic mass is 10.4. The van der Waals surface area contributed by atoms with Crippen molar-refractivity contribution in [1.82, 2.24) is 15.0 Å². The fourth-order valence-electron chi connectivity index (χ4n) is 0.617. The van der Waals surface area contributed by atoms with Gasteiger partial charge in [-0.3, -0.25) is 0 Å². The third-order valence-corrected chi connectivity index (χ3v) is 1.33. The predicted molar refractivity (Wildman–Crippen MR) is 59.5 cm³/mol. The SMILES string of the molecule is Nc1nc(N)nc(NCO)n1.OCC(O)CO. The lowest BCUT2D eigenvalue weighted by Crippen LogP contribution is -2.15. The van der Waals surface area contributed by atoms with Crippen LogP contribution < -0.4 is 16.8 Å². The number of nitrogens with two attached hydrogens (primary N) is 2. The van der Waals surface area contributed by atoms with Crippen LogP contribution in [0, 0.1) is 0 Å². The van der Waals surface area contributed by atoms with Gasteiger partial charge in [-0.05, 0) is 0 Å². The van der Waals surface area contributed by atoms with E-state index in [9.17, 15) is 0 Å². The number of hydrogen-bond donors (Lipinski definition) is 7. The molecule has 0 amide bonds. The average Bonchev–Trinajstić information content (AvgIpc) is 2.28. The Hall–Kier alpha value is -1.75. The topological polar surface area (TPSA) is 184 Å². The molecule has 0 unspecified atom stereocenters. The summed E-state index contributed by atoms with van der Waals surface area (Å²) in [5, 5.41) is 34.8. The molecule has 1 aromatic rings. The van der Waals surface area contributed by atoms with Gasteiger partial charge in [-0.1, -0.05) is 0 Å². The van der Waals surface area contributed by atoms with Crippen molar-refractivity contribution in [2.75, 3.05) is 36.7 Å². The molecule has 17 heavy (non-hydrogen) atoms. The molecule has 0 saturated heterocycles. The number of nitrogen functional groups attached to an aromatic ring is 2. The predicted octanol–water partition coefficient (Wildman–Crippen LogP) is -3.27. The number of aliphatic hydroxyl groups excluding tert-OH is 4. The van der Waals surface area contributed by atoms with Crippen LogP contribution in [-0.4, -0.2) is 61.4 Å². The molecule has 1 rings (SSSR count). The van der Waals surface area contributed by atoms with E-state index in [0.29, 0.717) is 0 Å². The van der Waals surface area contributed by atoms with Crippen LogP contribution in [0.3, 0.4) is 0 Å². The summed E-state index contributed by atoms with van der Waals surface area (Å²) in [7, 11) is 0. The molecular formula is C7H16N6O4. The minimum Gasteiger partial charge on any atom is -0.394 e. The van der Waals surface area contributed by atoms with Gasteiger partial charge in [0.05, 0.1) is 13.2 Å². The van der Waals surface area contributed by atoms with Gasteiger partial charge < -0.3 is 37.2 Å². The molecule has 0 bridgehead atoms. The highest BCUT2D eigenvalue weighted by Crippen LogP contribution is 2.01. The van der Waals surface area contributed by atoms with E-state index < -0.39 is 6.10 Å². The van der Waals surface area contributed by atoms with E-state index in [1.54, 1.807) is 0 Å². The number of hydrogen-bond acceptors (Lipinski definition) is 10. The maximum atomic E-state index is 8.41. The molecule has 0 atom stereocenters. The molecule has 9 N–H and O–H groups in total. The highest BCUT2D eigenvalue weighted by atomic mass is 16.3. The van der Waals surface area contributed by atoms with E-state index in [1.807, 2.05) is 0 Å². The molecule has 1 heterocycles. The third-order valence-electron chi connectivity index (χ3n) is 1.33. The minimum absolute atomic E-state index is 0.0217. The second-order valence-electron chi connectivity index (χ2n) is 2.73. The molecule has 0 fully saturated rings. The summed E-state index contributed by atoms with van der Waals surface area (Å²) >= 11 is 0. The van der Waals surface area contributed by atoms with E-state index in [4.69, 9.17) is 31.9 Å². The minimum atomic E-state index is -0.954. The zero-order valence-electron chi connectivity index (χ0n) is 8.98. The summed E-state index contributed by atoms with van der Waals surface area (Å²) in [6.45, 7) is -1.00. The Morgan fingerprint density at radius 3 is 1.76 bits per heavy atom. The summed E-state index contributed by atoms with van der Waals surface area (Å²) in [6, 6.07) is 0. The number of rotatable bonds is 4. The van der Waals surface area contributed by atoms with E-state index in [1.165, 1.54) is 0 Å². The van der Waals surface area contributed by atoms with Crippen LogP contribution in [0.2, 0.25) is 0 Å². The number of nitrogens with one attached hydrogen (secondary N) is 1. The van der Waals surface area contributed by atoms with Crippen molar-refractivity contribution >= 4 is 17.8 Å². The van der Waals surface area contributed by atoms with Gasteiger partial charge in [-0.25, -0.2) is 0 Å². The first-order valence-corrected chi connectivity index (χ1v) is 4.55. The van der Waals surface area contributed by atoms with Crippen molar-refractivity contribution in [2.24, 2.45) is 0 Å².